The summed E-state index contributed by atoms with van der Waals surface area (Å²) in [5, 5.41) is 7.32. The van der Waals surface area contributed by atoms with E-state index in [9.17, 15) is 0 Å². The maximum atomic E-state index is 6.67. The second kappa shape index (κ2) is 14.5. The van der Waals surface area contributed by atoms with Crippen LogP contribution in [0.5, 0.6) is 11.5 Å². The van der Waals surface area contributed by atoms with Gasteiger partial charge in [-0.15, -0.1) is 0 Å². The van der Waals surface area contributed by atoms with Gasteiger partial charge in [0.05, 0.1) is 32.1 Å². The largest absolute Gasteiger partial charge is 0.497 e. The predicted molar refractivity (Wildman–Crippen MR) is 163 cm³/mol. The van der Waals surface area contributed by atoms with Crippen LogP contribution in [0.4, 0.5) is 11.5 Å². The lowest BCUT2D eigenvalue weighted by atomic mass is 9.82. The lowest BCUT2D eigenvalue weighted by Crippen LogP contribution is -2.48. The zero-order chi connectivity index (χ0) is 28.4. The summed E-state index contributed by atoms with van der Waals surface area (Å²) in [6.45, 7) is 6.90. The van der Waals surface area contributed by atoms with Crippen LogP contribution in [0.25, 0.3) is 0 Å². The average Bonchev–Trinajstić information content (AvgIpc) is 3.01. The van der Waals surface area contributed by atoms with Crippen molar-refractivity contribution in [3.05, 3.63) is 78.0 Å². The lowest BCUT2D eigenvalue weighted by molar-refractivity contribution is 0.00202. The van der Waals surface area contributed by atoms with Gasteiger partial charge in [0.2, 0.25) is 0 Å². The molecule has 0 amide bonds. The van der Waals surface area contributed by atoms with E-state index in [0.717, 1.165) is 74.1 Å². The zero-order valence-electron chi connectivity index (χ0n) is 24.6. The number of fused-ring (bicyclic) bond motifs is 1. The van der Waals surface area contributed by atoms with E-state index in [2.05, 4.69) is 69.9 Å². The van der Waals surface area contributed by atoms with Crippen LogP contribution in [0.2, 0.25) is 0 Å². The molecule has 8 nitrogen and oxygen atoms in total. The molecule has 2 aliphatic heterocycles. The van der Waals surface area contributed by atoms with Crippen LogP contribution in [-0.4, -0.2) is 70.2 Å². The number of nitrogens with zero attached hydrogens (tertiary/aromatic N) is 2. The van der Waals surface area contributed by atoms with Crippen molar-refractivity contribution in [3.63, 3.8) is 0 Å². The van der Waals surface area contributed by atoms with Gasteiger partial charge in [-0.3, -0.25) is 0 Å². The molecule has 0 unspecified atom stereocenters. The second-order valence-electron chi connectivity index (χ2n) is 11.0. The van der Waals surface area contributed by atoms with Crippen molar-refractivity contribution < 1.29 is 18.9 Å². The molecule has 0 radical (unpaired) electrons. The Bertz CT molecular complexity index is 1210. The van der Waals surface area contributed by atoms with Gasteiger partial charge in [-0.2, -0.15) is 0 Å². The number of nitrogens with one attached hydrogen (secondary N) is 2. The Labute approximate surface area is 244 Å². The SMILES string of the molecule is COCCCN1CCOc2ccc(CO[C@H]3CN[C@H](C[C@@H](C)Nc4ccccn4)C[C@@H]3c3ccc(OC)cc3)cc21. The third-order valence-corrected chi connectivity index (χ3v) is 8.06. The first kappa shape index (κ1) is 29.2. The quantitative estimate of drug-likeness (QED) is 0.275. The molecular weight excluding hydrogens is 516 g/mol. The van der Waals surface area contributed by atoms with Crippen LogP contribution in [0.3, 0.4) is 0 Å². The Hall–Kier alpha value is -3.33. The molecule has 3 heterocycles. The minimum Gasteiger partial charge on any atom is -0.497 e. The summed E-state index contributed by atoms with van der Waals surface area (Å²) < 4.78 is 23.3. The number of piperidine rings is 1. The van der Waals surface area contributed by atoms with Crippen LogP contribution < -0.4 is 25.0 Å². The highest BCUT2D eigenvalue weighted by molar-refractivity contribution is 5.61. The molecule has 1 aromatic heterocycles. The van der Waals surface area contributed by atoms with Gasteiger partial charge in [0, 0.05) is 51.0 Å². The number of benzene rings is 2. The van der Waals surface area contributed by atoms with Gasteiger partial charge in [0.1, 0.15) is 23.9 Å². The van der Waals surface area contributed by atoms with Gasteiger partial charge in [-0.05, 0) is 73.7 Å². The highest BCUT2D eigenvalue weighted by Gasteiger charge is 2.33. The standard InChI is InChI=1S/C33H44N4O4/c1-24(36-33-7-4-5-14-34-33)19-27-21-29(26-9-11-28(39-3)12-10-26)32(22-35-27)41-23-25-8-13-31-30(20-25)37(16-18-40-31)15-6-17-38-2/h4-5,7-14,20,24,27,29,32,35H,6,15-19,21-23H2,1-3H3,(H,34,36)/t24-,27-,29-,32+/m1/s1. The molecule has 1 saturated heterocycles. The average molecular weight is 561 g/mol. The molecule has 2 aliphatic rings. The maximum Gasteiger partial charge on any atom is 0.142 e. The highest BCUT2D eigenvalue weighted by atomic mass is 16.5. The molecule has 0 aliphatic carbocycles. The van der Waals surface area contributed by atoms with Crippen molar-refractivity contribution in [1.82, 2.24) is 10.3 Å². The van der Waals surface area contributed by atoms with Crippen LogP contribution in [0, 0.1) is 0 Å². The summed E-state index contributed by atoms with van der Waals surface area (Å²) in [6.07, 6.45) is 4.87. The first-order chi connectivity index (χ1) is 20.1. The molecule has 3 aromatic rings. The number of methoxy groups -OCH3 is 2. The van der Waals surface area contributed by atoms with E-state index in [1.165, 1.54) is 5.56 Å². The topological polar surface area (TPSA) is 77.1 Å². The summed E-state index contributed by atoms with van der Waals surface area (Å²) in [7, 11) is 3.46. The van der Waals surface area contributed by atoms with Crippen molar-refractivity contribution >= 4 is 11.5 Å². The number of rotatable bonds is 13. The first-order valence-corrected chi connectivity index (χ1v) is 14.8. The monoisotopic (exact) mass is 560 g/mol. The molecule has 0 spiro atoms. The predicted octanol–water partition coefficient (Wildman–Crippen LogP) is 5.25. The number of aromatic nitrogens is 1. The van der Waals surface area contributed by atoms with Gasteiger partial charge in [0.15, 0.2) is 0 Å². The van der Waals surface area contributed by atoms with Crippen LogP contribution in [0.1, 0.15) is 43.2 Å². The highest BCUT2D eigenvalue weighted by Crippen LogP contribution is 2.35. The van der Waals surface area contributed by atoms with Crippen molar-refractivity contribution in [3.8, 4) is 11.5 Å². The van der Waals surface area contributed by atoms with Crippen LogP contribution in [-0.2, 0) is 16.1 Å². The van der Waals surface area contributed by atoms with E-state index in [-0.39, 0.29) is 12.0 Å². The fraction of sp³-hybridized carbons (Fsp3) is 0.485. The minimum absolute atomic E-state index is 0.0591. The molecule has 2 N–H and O–H groups in total. The van der Waals surface area contributed by atoms with Gasteiger partial charge in [-0.1, -0.05) is 24.3 Å². The fourth-order valence-corrected chi connectivity index (χ4v) is 5.95. The second-order valence-corrected chi connectivity index (χ2v) is 11.0. The van der Waals surface area contributed by atoms with Crippen molar-refractivity contribution in [2.75, 3.05) is 57.3 Å². The van der Waals surface area contributed by atoms with E-state index in [4.69, 9.17) is 18.9 Å². The number of hydrogen-bond acceptors (Lipinski definition) is 8. The Morgan fingerprint density at radius 2 is 2.00 bits per heavy atom. The third-order valence-electron chi connectivity index (χ3n) is 8.06. The fourth-order valence-electron chi connectivity index (χ4n) is 5.95. The molecule has 0 bridgehead atoms. The van der Waals surface area contributed by atoms with E-state index < -0.39 is 0 Å². The molecule has 1 fully saturated rings. The molecule has 5 rings (SSSR count). The third kappa shape index (κ3) is 7.91. The molecule has 2 aromatic carbocycles. The summed E-state index contributed by atoms with van der Waals surface area (Å²) in [6, 6.07) is 21.5. The van der Waals surface area contributed by atoms with Gasteiger partial charge < -0.3 is 34.5 Å². The number of anilines is 2. The summed E-state index contributed by atoms with van der Waals surface area (Å²) in [5.74, 6) is 3.01. The molecule has 4 atom stereocenters. The van der Waals surface area contributed by atoms with E-state index in [0.29, 0.717) is 25.3 Å². The molecular formula is C33H44N4O4. The van der Waals surface area contributed by atoms with Crippen LogP contribution in [0.15, 0.2) is 66.9 Å². The molecule has 0 saturated carbocycles. The summed E-state index contributed by atoms with van der Waals surface area (Å²) in [5.41, 5.74) is 3.60. The Kier molecular flexibility index (Phi) is 10.3. The minimum atomic E-state index is 0.0591. The first-order valence-electron chi connectivity index (χ1n) is 14.8. The number of pyridine rings is 1. The van der Waals surface area contributed by atoms with Crippen LogP contribution >= 0.6 is 0 Å². The van der Waals surface area contributed by atoms with Crippen molar-refractivity contribution in [2.24, 2.45) is 0 Å². The lowest BCUT2D eigenvalue weighted by Gasteiger charge is -2.38. The zero-order valence-corrected chi connectivity index (χ0v) is 24.6. The smallest absolute Gasteiger partial charge is 0.142 e. The van der Waals surface area contributed by atoms with Gasteiger partial charge in [0.25, 0.3) is 0 Å². The maximum absolute atomic E-state index is 6.67. The van der Waals surface area contributed by atoms with E-state index in [1.54, 1.807) is 14.2 Å². The Morgan fingerprint density at radius 1 is 1.12 bits per heavy atom. The molecule has 220 valence electrons. The Morgan fingerprint density at radius 3 is 2.78 bits per heavy atom. The normalized spacial score (nSPS) is 21.0. The number of hydrogen-bond donors (Lipinski definition) is 2. The van der Waals surface area contributed by atoms with E-state index in [1.807, 2.05) is 24.4 Å². The van der Waals surface area contributed by atoms with Gasteiger partial charge in [-0.25, -0.2) is 4.98 Å². The van der Waals surface area contributed by atoms with Crippen molar-refractivity contribution in [1.29, 1.82) is 0 Å². The molecule has 8 heteroatoms. The summed E-state index contributed by atoms with van der Waals surface area (Å²) >= 11 is 0. The van der Waals surface area contributed by atoms with E-state index >= 15 is 0 Å². The summed E-state index contributed by atoms with van der Waals surface area (Å²) in [4.78, 5) is 6.82. The van der Waals surface area contributed by atoms with Crippen molar-refractivity contribution in [2.45, 2.75) is 56.9 Å². The Balaban J connectivity index is 1.25. The molecule has 41 heavy (non-hydrogen) atoms. The van der Waals surface area contributed by atoms with Gasteiger partial charge >= 0.3 is 0 Å². The number of ether oxygens (including phenoxy) is 4.